The first kappa shape index (κ1) is 20.8. The number of Topliss-reactive ketones (excluding diaryl/α,β-unsaturated/α-hetero) is 1. The van der Waals surface area contributed by atoms with Crippen LogP contribution in [0.3, 0.4) is 0 Å². The third-order valence-electron chi connectivity index (χ3n) is 4.15. The molecule has 0 radical (unpaired) electrons. The van der Waals surface area contributed by atoms with Crippen molar-refractivity contribution in [3.05, 3.63) is 66.4 Å². The van der Waals surface area contributed by atoms with Crippen LogP contribution in [0.2, 0.25) is 0 Å². The van der Waals surface area contributed by atoms with E-state index in [9.17, 15) is 4.79 Å². The number of rotatable bonds is 11. The number of ether oxygens (including phenoxy) is 1. The van der Waals surface area contributed by atoms with Crippen LogP contribution in [0, 0.1) is 11.8 Å². The molecule has 1 atom stereocenters. The van der Waals surface area contributed by atoms with E-state index in [2.05, 4.69) is 25.6 Å². The first-order chi connectivity index (χ1) is 12.0. The maximum absolute atomic E-state index is 12.1. The fourth-order valence-corrected chi connectivity index (χ4v) is 2.59. The third-order valence-corrected chi connectivity index (χ3v) is 4.15. The Morgan fingerprint density at radius 3 is 2.48 bits per heavy atom. The number of nitrogens with two attached hydrogens (primary N) is 1. The first-order valence-electron chi connectivity index (χ1n) is 8.96. The minimum Gasteiger partial charge on any atom is -0.489 e. The van der Waals surface area contributed by atoms with Crippen molar-refractivity contribution in [3.63, 3.8) is 0 Å². The van der Waals surface area contributed by atoms with Crippen molar-refractivity contribution < 1.29 is 9.53 Å². The van der Waals surface area contributed by atoms with Crippen LogP contribution in [-0.4, -0.2) is 12.4 Å². The Labute approximate surface area is 152 Å². The van der Waals surface area contributed by atoms with Crippen molar-refractivity contribution >= 4 is 5.78 Å². The molecule has 0 aliphatic carbocycles. The minimum absolute atomic E-state index is 0.114. The van der Waals surface area contributed by atoms with Gasteiger partial charge in [-0.25, -0.2) is 0 Å². The van der Waals surface area contributed by atoms with Crippen LogP contribution in [0.15, 0.2) is 60.8 Å². The summed E-state index contributed by atoms with van der Waals surface area (Å²) >= 11 is 0. The molecular formula is C22H31NO2. The second-order valence-corrected chi connectivity index (χ2v) is 6.54. The monoisotopic (exact) mass is 341 g/mol. The van der Waals surface area contributed by atoms with E-state index in [1.54, 1.807) is 6.08 Å². The van der Waals surface area contributed by atoms with Crippen LogP contribution in [0.5, 0.6) is 5.75 Å². The minimum atomic E-state index is 0.114. The van der Waals surface area contributed by atoms with Crippen LogP contribution in [0.25, 0.3) is 0 Å². The summed E-state index contributed by atoms with van der Waals surface area (Å²) in [7, 11) is 0. The van der Waals surface area contributed by atoms with Crippen LogP contribution in [-0.2, 0) is 11.2 Å². The molecule has 0 aliphatic heterocycles. The molecule has 0 bridgehead atoms. The van der Waals surface area contributed by atoms with Gasteiger partial charge in [0.15, 0.2) is 0 Å². The molecule has 1 rings (SSSR count). The molecule has 136 valence electrons. The lowest BCUT2D eigenvalue weighted by molar-refractivity contribution is -0.126. The maximum Gasteiger partial charge on any atom is 0.138 e. The number of ketones is 1. The zero-order chi connectivity index (χ0) is 18.7. The molecule has 0 saturated carbocycles. The number of carbonyl (C=O) groups excluding carboxylic acids is 1. The Morgan fingerprint density at radius 2 is 1.92 bits per heavy atom. The Bertz CT molecular complexity index is 597. The fraction of sp³-hybridized carbons (Fsp3) is 0.409. The lowest BCUT2D eigenvalue weighted by Crippen LogP contribution is -2.19. The molecule has 0 fully saturated rings. The predicted octanol–water partition coefficient (Wildman–Crippen LogP) is 4.83. The molecule has 0 saturated heterocycles. The molecule has 1 aromatic carbocycles. The van der Waals surface area contributed by atoms with E-state index in [-0.39, 0.29) is 11.8 Å². The zero-order valence-electron chi connectivity index (χ0n) is 15.7. The number of aryl methyl sites for hydroxylation is 1. The van der Waals surface area contributed by atoms with Crippen LogP contribution < -0.4 is 10.5 Å². The quantitative estimate of drug-likeness (QED) is 0.586. The van der Waals surface area contributed by atoms with Crippen molar-refractivity contribution in [1.29, 1.82) is 0 Å². The normalized spacial score (nSPS) is 12.8. The highest BCUT2D eigenvalue weighted by molar-refractivity contribution is 5.82. The Balaban J connectivity index is 2.48. The van der Waals surface area contributed by atoms with E-state index in [0.717, 1.165) is 30.6 Å². The van der Waals surface area contributed by atoms with E-state index in [1.807, 2.05) is 38.1 Å². The molecule has 3 nitrogen and oxygen atoms in total. The SMILES string of the molecule is C=C(/C=C\C=C/N)COc1ccc(CCC(CC)C(=O)C(C)C)cc1. The Kier molecular flexibility index (Phi) is 9.38. The van der Waals surface area contributed by atoms with E-state index < -0.39 is 0 Å². The summed E-state index contributed by atoms with van der Waals surface area (Å²) in [5.41, 5.74) is 7.37. The van der Waals surface area contributed by atoms with Crippen molar-refractivity contribution in [3.8, 4) is 5.75 Å². The number of hydrogen-bond donors (Lipinski definition) is 1. The topological polar surface area (TPSA) is 52.3 Å². The number of benzene rings is 1. The number of carbonyl (C=O) groups is 1. The second-order valence-electron chi connectivity index (χ2n) is 6.54. The van der Waals surface area contributed by atoms with Crippen molar-refractivity contribution in [2.45, 2.75) is 40.0 Å². The summed E-state index contributed by atoms with van der Waals surface area (Å²) in [5, 5.41) is 0. The molecule has 1 aromatic rings. The van der Waals surface area contributed by atoms with Crippen LogP contribution >= 0.6 is 0 Å². The predicted molar refractivity (Wildman–Crippen MR) is 105 cm³/mol. The highest BCUT2D eigenvalue weighted by atomic mass is 16.5. The molecule has 3 heteroatoms. The van der Waals surface area contributed by atoms with Gasteiger partial charge in [-0.15, -0.1) is 0 Å². The standard InChI is InChI=1S/C22H31NO2/c1-5-20(22(24)17(2)3)12-9-19-10-13-21(14-11-19)25-16-18(4)8-6-7-15-23/h6-8,10-11,13-15,17,20H,4-5,9,12,16,23H2,1-3H3/b8-6-,15-7-. The van der Waals surface area contributed by atoms with Crippen LogP contribution in [0.4, 0.5) is 0 Å². The third kappa shape index (κ3) is 7.88. The summed E-state index contributed by atoms with van der Waals surface area (Å²) in [6.07, 6.45) is 9.65. The average Bonchev–Trinajstić information content (AvgIpc) is 2.61. The maximum atomic E-state index is 12.1. The van der Waals surface area contributed by atoms with Gasteiger partial charge in [-0.1, -0.05) is 51.6 Å². The van der Waals surface area contributed by atoms with Gasteiger partial charge in [0, 0.05) is 11.8 Å². The lowest BCUT2D eigenvalue weighted by Gasteiger charge is -2.16. The van der Waals surface area contributed by atoms with Gasteiger partial charge >= 0.3 is 0 Å². The van der Waals surface area contributed by atoms with Gasteiger partial charge in [0.05, 0.1) is 0 Å². The zero-order valence-corrected chi connectivity index (χ0v) is 15.7. The van der Waals surface area contributed by atoms with Gasteiger partial charge in [-0.05, 0) is 54.8 Å². The second kappa shape index (κ2) is 11.3. The fourth-order valence-electron chi connectivity index (χ4n) is 2.59. The molecule has 0 aromatic heterocycles. The van der Waals surface area contributed by atoms with E-state index in [0.29, 0.717) is 12.4 Å². The summed E-state index contributed by atoms with van der Waals surface area (Å²) < 4.78 is 5.71. The molecule has 25 heavy (non-hydrogen) atoms. The molecule has 0 aliphatic rings. The van der Waals surface area contributed by atoms with Gasteiger partial charge in [-0.2, -0.15) is 0 Å². The van der Waals surface area contributed by atoms with E-state index >= 15 is 0 Å². The summed E-state index contributed by atoms with van der Waals surface area (Å²) in [4.78, 5) is 12.1. The smallest absolute Gasteiger partial charge is 0.138 e. The summed E-state index contributed by atoms with van der Waals surface area (Å²) in [6.45, 7) is 10.4. The van der Waals surface area contributed by atoms with Gasteiger partial charge < -0.3 is 10.5 Å². The highest BCUT2D eigenvalue weighted by Gasteiger charge is 2.18. The van der Waals surface area contributed by atoms with Crippen molar-refractivity contribution in [1.82, 2.24) is 0 Å². The molecule has 2 N–H and O–H groups in total. The molecule has 0 amide bonds. The molecular weight excluding hydrogens is 310 g/mol. The van der Waals surface area contributed by atoms with Gasteiger partial charge in [0.1, 0.15) is 18.1 Å². The Morgan fingerprint density at radius 1 is 1.24 bits per heavy atom. The van der Waals surface area contributed by atoms with E-state index in [4.69, 9.17) is 10.5 Å². The van der Waals surface area contributed by atoms with Crippen molar-refractivity contribution in [2.75, 3.05) is 6.61 Å². The molecule has 0 heterocycles. The first-order valence-corrected chi connectivity index (χ1v) is 8.96. The average molecular weight is 341 g/mol. The number of hydrogen-bond acceptors (Lipinski definition) is 3. The lowest BCUT2D eigenvalue weighted by atomic mass is 9.88. The molecule has 0 spiro atoms. The van der Waals surface area contributed by atoms with Crippen molar-refractivity contribution in [2.24, 2.45) is 17.6 Å². The largest absolute Gasteiger partial charge is 0.489 e. The number of allylic oxidation sites excluding steroid dienone is 2. The summed E-state index contributed by atoms with van der Waals surface area (Å²) in [5.74, 6) is 1.47. The molecule has 1 unspecified atom stereocenters. The summed E-state index contributed by atoms with van der Waals surface area (Å²) in [6, 6.07) is 8.07. The van der Waals surface area contributed by atoms with Gasteiger partial charge in [-0.3, -0.25) is 4.79 Å². The van der Waals surface area contributed by atoms with Crippen LogP contribution in [0.1, 0.15) is 39.2 Å². The van der Waals surface area contributed by atoms with Gasteiger partial charge in [0.25, 0.3) is 0 Å². The highest BCUT2D eigenvalue weighted by Crippen LogP contribution is 2.20. The Hall–Kier alpha value is -2.29. The van der Waals surface area contributed by atoms with Gasteiger partial charge in [0.2, 0.25) is 0 Å². The van der Waals surface area contributed by atoms with E-state index in [1.165, 1.54) is 11.8 Å².